The molecule has 1 nitrogen and oxygen atoms in total. The molecule has 58 valence electrons. The van der Waals surface area contributed by atoms with Crippen LogP contribution in [0.1, 0.15) is 19.8 Å². The predicted molar refractivity (Wildman–Crippen MR) is 53.1 cm³/mol. The first kappa shape index (κ1) is 10.5. The molecule has 0 bridgehead atoms. The molecular formula is C6H12OPS2+. The van der Waals surface area contributed by atoms with Gasteiger partial charge in [-0.15, -0.1) is 0 Å². The van der Waals surface area contributed by atoms with Crippen LogP contribution in [0.25, 0.3) is 0 Å². The first-order chi connectivity index (χ1) is 4.77. The van der Waals surface area contributed by atoms with E-state index in [1.54, 1.807) is 0 Å². The zero-order valence-electron chi connectivity index (χ0n) is 5.99. The Hall–Kier alpha value is 0.540. The van der Waals surface area contributed by atoms with E-state index >= 15 is 0 Å². The third-order valence-electron chi connectivity index (χ3n) is 0.903. The summed E-state index contributed by atoms with van der Waals surface area (Å²) in [5, 5.41) is 0. The van der Waals surface area contributed by atoms with Crippen molar-refractivity contribution < 1.29 is 4.57 Å². The molecule has 0 aliphatic heterocycles. The van der Waals surface area contributed by atoms with E-state index < -0.39 is 6.20 Å². The largest absolute Gasteiger partial charge is 0.480 e. The van der Waals surface area contributed by atoms with E-state index in [4.69, 9.17) is 0 Å². The smallest absolute Gasteiger partial charge is 0.0876 e. The maximum absolute atomic E-state index is 10.4. The molecule has 1 unspecified atom stereocenters. The maximum atomic E-state index is 10.4. The highest BCUT2D eigenvalue weighted by Crippen LogP contribution is 2.41. The van der Waals surface area contributed by atoms with Gasteiger partial charge in [-0.25, -0.2) is 0 Å². The van der Waals surface area contributed by atoms with E-state index in [0.29, 0.717) is 0 Å². The van der Waals surface area contributed by atoms with Gasteiger partial charge in [0.2, 0.25) is 0 Å². The molecule has 0 saturated heterocycles. The quantitative estimate of drug-likeness (QED) is 0.409. The fraction of sp³-hybridized carbons (Fsp3) is 0.667. The lowest BCUT2D eigenvalue weighted by atomic mass is 10.3. The summed E-state index contributed by atoms with van der Waals surface area (Å²) in [6.45, 7) is 2.14. The molecule has 0 saturated carbocycles. The summed E-state index contributed by atoms with van der Waals surface area (Å²) in [6, 6.07) is 0. The lowest BCUT2D eigenvalue weighted by Crippen LogP contribution is -1.65. The Morgan fingerprint density at radius 3 is 2.80 bits per heavy atom. The van der Waals surface area contributed by atoms with E-state index in [0.717, 1.165) is 12.2 Å². The van der Waals surface area contributed by atoms with Crippen molar-refractivity contribution >= 4 is 29.8 Å². The van der Waals surface area contributed by atoms with Crippen molar-refractivity contribution in [2.45, 2.75) is 19.8 Å². The highest BCUT2D eigenvalue weighted by Gasteiger charge is 2.06. The standard InChI is InChI=1S/C6H11OPS2/c1-2-3-4-5-6-10-8(7)9/h4-5H,2-3,6H2,1H3/p+1. The molecule has 0 aromatic carbocycles. The van der Waals surface area contributed by atoms with E-state index in [9.17, 15) is 4.57 Å². The van der Waals surface area contributed by atoms with Crippen molar-refractivity contribution in [2.75, 3.05) is 5.75 Å². The van der Waals surface area contributed by atoms with Crippen LogP contribution < -0.4 is 0 Å². The Balaban J connectivity index is 3.10. The minimum Gasteiger partial charge on any atom is -0.0876 e. The van der Waals surface area contributed by atoms with Crippen molar-refractivity contribution in [3.8, 4) is 0 Å². The van der Waals surface area contributed by atoms with Crippen LogP contribution in [0.4, 0.5) is 0 Å². The van der Waals surface area contributed by atoms with Crippen LogP contribution >= 0.6 is 29.8 Å². The first-order valence-electron chi connectivity index (χ1n) is 3.21. The van der Waals surface area contributed by atoms with E-state index in [-0.39, 0.29) is 0 Å². The molecule has 0 aromatic rings. The minimum atomic E-state index is -1.31. The van der Waals surface area contributed by atoms with E-state index in [2.05, 4.69) is 25.2 Å². The number of thiol groups is 1. The molecule has 0 amide bonds. The molecule has 0 heterocycles. The fourth-order valence-electron chi connectivity index (χ4n) is 0.459. The molecule has 0 N–H and O–H groups in total. The number of unbranched alkanes of at least 4 members (excludes halogenated alkanes) is 1. The van der Waals surface area contributed by atoms with Gasteiger partial charge in [0.25, 0.3) is 0 Å². The Labute approximate surface area is 72.4 Å². The van der Waals surface area contributed by atoms with Gasteiger partial charge in [0, 0.05) is 0 Å². The average molecular weight is 195 g/mol. The highest BCUT2D eigenvalue weighted by atomic mass is 33.1. The van der Waals surface area contributed by atoms with Gasteiger partial charge in [0.05, 0.1) is 5.75 Å². The van der Waals surface area contributed by atoms with Gasteiger partial charge in [0.1, 0.15) is 23.6 Å². The molecule has 0 aliphatic carbocycles. The van der Waals surface area contributed by atoms with Gasteiger partial charge in [-0.3, -0.25) is 0 Å². The molecular weight excluding hydrogens is 183 g/mol. The van der Waals surface area contributed by atoms with Gasteiger partial charge in [0.15, 0.2) is 0 Å². The zero-order valence-corrected chi connectivity index (χ0v) is 8.59. The van der Waals surface area contributed by atoms with E-state index in [1.807, 2.05) is 6.08 Å². The fourth-order valence-corrected chi connectivity index (χ4v) is 2.05. The summed E-state index contributed by atoms with van der Waals surface area (Å²) in [5.74, 6) is 0.818. The first-order valence-corrected chi connectivity index (χ1v) is 7.21. The molecule has 0 rings (SSSR count). The third kappa shape index (κ3) is 8.54. The number of allylic oxidation sites excluding steroid dienone is 1. The zero-order chi connectivity index (χ0) is 7.82. The Morgan fingerprint density at radius 2 is 2.30 bits per heavy atom. The lowest BCUT2D eigenvalue weighted by molar-refractivity contribution is 0.603. The summed E-state index contributed by atoms with van der Waals surface area (Å²) >= 11 is 5.13. The van der Waals surface area contributed by atoms with Crippen molar-refractivity contribution in [3.05, 3.63) is 12.2 Å². The van der Waals surface area contributed by atoms with Crippen molar-refractivity contribution in [1.82, 2.24) is 0 Å². The van der Waals surface area contributed by atoms with Gasteiger partial charge in [-0.05, 0) is 11.0 Å². The van der Waals surface area contributed by atoms with Crippen LogP contribution in [0.15, 0.2) is 12.2 Å². The van der Waals surface area contributed by atoms with Gasteiger partial charge in [-0.2, -0.15) is 0 Å². The average Bonchev–Trinajstić information content (AvgIpc) is 1.87. The monoisotopic (exact) mass is 195 g/mol. The molecule has 0 aromatic heterocycles. The topological polar surface area (TPSA) is 17.1 Å². The second kappa shape index (κ2) is 7.64. The molecule has 10 heavy (non-hydrogen) atoms. The SMILES string of the molecule is CCCC=CCS[P+](=O)S. The molecule has 4 heteroatoms. The van der Waals surface area contributed by atoms with Crippen LogP contribution in [-0.2, 0) is 4.57 Å². The van der Waals surface area contributed by atoms with Gasteiger partial charge < -0.3 is 0 Å². The summed E-state index contributed by atoms with van der Waals surface area (Å²) in [7, 11) is 0. The highest BCUT2D eigenvalue weighted by molar-refractivity contribution is 8.79. The summed E-state index contributed by atoms with van der Waals surface area (Å²) in [6.07, 6.45) is 5.13. The van der Waals surface area contributed by atoms with Gasteiger partial charge in [-0.1, -0.05) is 25.5 Å². The van der Waals surface area contributed by atoms with Crippen molar-refractivity contribution in [2.24, 2.45) is 0 Å². The molecule has 0 spiro atoms. The Kier molecular flexibility index (Phi) is 8.06. The minimum absolute atomic E-state index is 0.818. The lowest BCUT2D eigenvalue weighted by Gasteiger charge is -1.80. The Morgan fingerprint density at radius 1 is 1.60 bits per heavy atom. The van der Waals surface area contributed by atoms with Crippen molar-refractivity contribution in [1.29, 1.82) is 0 Å². The molecule has 0 fully saturated rings. The normalized spacial score (nSPS) is 12.4. The van der Waals surface area contributed by atoms with Crippen molar-refractivity contribution in [3.63, 3.8) is 0 Å². The number of hydrogen-bond donors (Lipinski definition) is 1. The Bertz CT molecular complexity index is 125. The molecule has 1 atom stereocenters. The van der Waals surface area contributed by atoms with E-state index in [1.165, 1.54) is 17.8 Å². The summed E-state index contributed by atoms with van der Waals surface area (Å²) in [4.78, 5) is 0. The molecule has 0 radical (unpaired) electrons. The van der Waals surface area contributed by atoms with Crippen LogP contribution in [-0.4, -0.2) is 5.75 Å². The third-order valence-corrected chi connectivity index (χ3v) is 3.61. The van der Waals surface area contributed by atoms with Crippen LogP contribution in [0.5, 0.6) is 0 Å². The second-order valence-electron chi connectivity index (χ2n) is 1.79. The summed E-state index contributed by atoms with van der Waals surface area (Å²) < 4.78 is 10.4. The van der Waals surface area contributed by atoms with Crippen LogP contribution in [0.3, 0.4) is 0 Å². The maximum Gasteiger partial charge on any atom is 0.480 e. The number of hydrogen-bond acceptors (Lipinski definition) is 2. The van der Waals surface area contributed by atoms with Crippen LogP contribution in [0, 0.1) is 0 Å². The second-order valence-corrected chi connectivity index (χ2v) is 6.53. The summed E-state index contributed by atoms with van der Waals surface area (Å²) in [5.41, 5.74) is 0. The number of rotatable bonds is 5. The predicted octanol–water partition coefficient (Wildman–Crippen LogP) is 3.66. The van der Waals surface area contributed by atoms with Crippen LogP contribution in [0.2, 0.25) is 0 Å². The van der Waals surface area contributed by atoms with Gasteiger partial charge >= 0.3 is 6.20 Å². The molecule has 0 aliphatic rings.